The van der Waals surface area contributed by atoms with Gasteiger partial charge in [-0.1, -0.05) is 42.2 Å². The fourth-order valence-corrected chi connectivity index (χ4v) is 4.36. The lowest BCUT2D eigenvalue weighted by atomic mass is 9.96. The standard InChI is InChI=1S/C19H24ClN5S2/c1-12-17(27-19(21-12)23-16-10-8-14(20)9-11-16)13(2)24-25-18(26)22-15-6-4-3-5-7-15/h8-11,15H,3-7H2,1-2H3,(H,21,23)(H2,22,25,26)/b24-13-. The van der Waals surface area contributed by atoms with E-state index in [1.54, 1.807) is 11.3 Å². The minimum atomic E-state index is 0.467. The average Bonchev–Trinajstić information content (AvgIpc) is 3.03. The number of halogens is 1. The van der Waals surface area contributed by atoms with E-state index in [1.807, 2.05) is 38.1 Å². The molecule has 3 rings (SSSR count). The molecule has 0 atom stereocenters. The number of rotatable bonds is 5. The van der Waals surface area contributed by atoms with Crippen LogP contribution < -0.4 is 16.1 Å². The summed E-state index contributed by atoms with van der Waals surface area (Å²) >= 11 is 12.9. The summed E-state index contributed by atoms with van der Waals surface area (Å²) in [6, 6.07) is 8.02. The molecule has 27 heavy (non-hydrogen) atoms. The van der Waals surface area contributed by atoms with Crippen LogP contribution in [0.5, 0.6) is 0 Å². The number of hydrogen-bond acceptors (Lipinski definition) is 5. The molecule has 0 aliphatic heterocycles. The highest BCUT2D eigenvalue weighted by atomic mass is 35.5. The molecule has 1 aliphatic carbocycles. The SMILES string of the molecule is C/C(=N/NC(=S)NC1CCCCC1)c1sc(Nc2ccc(Cl)cc2)nc1C. The lowest BCUT2D eigenvalue weighted by Crippen LogP contribution is -2.41. The van der Waals surface area contributed by atoms with E-state index in [4.69, 9.17) is 23.8 Å². The molecule has 0 saturated heterocycles. The van der Waals surface area contributed by atoms with Crippen molar-refractivity contribution in [3.63, 3.8) is 0 Å². The van der Waals surface area contributed by atoms with E-state index < -0.39 is 0 Å². The predicted octanol–water partition coefficient (Wildman–Crippen LogP) is 5.37. The van der Waals surface area contributed by atoms with E-state index in [1.165, 1.54) is 32.1 Å². The van der Waals surface area contributed by atoms with Crippen LogP contribution in [0.3, 0.4) is 0 Å². The first-order chi connectivity index (χ1) is 13.0. The Morgan fingerprint density at radius 2 is 1.93 bits per heavy atom. The van der Waals surface area contributed by atoms with E-state index in [2.05, 4.69) is 26.1 Å². The van der Waals surface area contributed by atoms with Crippen LogP contribution in [0.4, 0.5) is 10.8 Å². The fraction of sp³-hybridized carbons (Fsp3) is 0.421. The summed E-state index contributed by atoms with van der Waals surface area (Å²) in [7, 11) is 0. The summed E-state index contributed by atoms with van der Waals surface area (Å²) in [5, 5.41) is 13.2. The van der Waals surface area contributed by atoms with Crippen LogP contribution in [0.1, 0.15) is 49.6 Å². The molecule has 1 heterocycles. The second kappa shape index (κ2) is 9.48. The maximum absolute atomic E-state index is 5.93. The first-order valence-electron chi connectivity index (χ1n) is 9.12. The number of hydrogen-bond donors (Lipinski definition) is 3. The number of nitrogens with zero attached hydrogens (tertiary/aromatic N) is 2. The normalized spacial score (nSPS) is 15.4. The van der Waals surface area contributed by atoms with Crippen molar-refractivity contribution in [1.82, 2.24) is 15.7 Å². The summed E-state index contributed by atoms with van der Waals surface area (Å²) in [6.07, 6.45) is 6.22. The monoisotopic (exact) mass is 421 g/mol. The fourth-order valence-electron chi connectivity index (χ4n) is 3.09. The van der Waals surface area contributed by atoms with Gasteiger partial charge < -0.3 is 10.6 Å². The number of anilines is 2. The molecule has 0 amide bonds. The Hall–Kier alpha value is -1.70. The van der Waals surface area contributed by atoms with Gasteiger partial charge >= 0.3 is 0 Å². The van der Waals surface area contributed by atoms with E-state index in [0.29, 0.717) is 16.2 Å². The van der Waals surface area contributed by atoms with E-state index >= 15 is 0 Å². The van der Waals surface area contributed by atoms with Crippen LogP contribution in [-0.4, -0.2) is 21.8 Å². The van der Waals surface area contributed by atoms with Crippen LogP contribution in [0, 0.1) is 6.92 Å². The van der Waals surface area contributed by atoms with Crippen molar-refractivity contribution in [2.45, 2.75) is 52.0 Å². The molecule has 0 radical (unpaired) electrons. The molecule has 0 unspecified atom stereocenters. The van der Waals surface area contributed by atoms with Crippen LogP contribution in [-0.2, 0) is 0 Å². The van der Waals surface area contributed by atoms with Gasteiger partial charge in [-0.25, -0.2) is 4.98 Å². The Morgan fingerprint density at radius 1 is 1.22 bits per heavy atom. The van der Waals surface area contributed by atoms with Gasteiger partial charge in [0.05, 0.1) is 16.3 Å². The Morgan fingerprint density at radius 3 is 2.63 bits per heavy atom. The smallest absolute Gasteiger partial charge is 0.188 e. The van der Waals surface area contributed by atoms with Gasteiger partial charge in [0.2, 0.25) is 0 Å². The molecule has 1 aromatic carbocycles. The van der Waals surface area contributed by atoms with E-state index in [9.17, 15) is 0 Å². The minimum absolute atomic E-state index is 0.467. The number of hydrazone groups is 1. The molecule has 2 aromatic rings. The van der Waals surface area contributed by atoms with Gasteiger partial charge in [0, 0.05) is 16.8 Å². The maximum Gasteiger partial charge on any atom is 0.188 e. The summed E-state index contributed by atoms with van der Waals surface area (Å²) in [5.41, 5.74) is 5.72. The van der Waals surface area contributed by atoms with E-state index in [-0.39, 0.29) is 0 Å². The van der Waals surface area contributed by atoms with Crippen molar-refractivity contribution in [2.75, 3.05) is 5.32 Å². The molecule has 1 saturated carbocycles. The summed E-state index contributed by atoms with van der Waals surface area (Å²) in [6.45, 7) is 3.94. The van der Waals surface area contributed by atoms with Crippen LogP contribution in [0.15, 0.2) is 29.4 Å². The Kier molecular flexibility index (Phi) is 7.04. The van der Waals surface area contributed by atoms with Crippen molar-refractivity contribution in [3.05, 3.63) is 39.9 Å². The van der Waals surface area contributed by atoms with Crippen LogP contribution >= 0.6 is 35.2 Å². The molecule has 0 spiro atoms. The lowest BCUT2D eigenvalue weighted by Gasteiger charge is -2.23. The first kappa shape index (κ1) is 20.0. The van der Waals surface area contributed by atoms with Crippen molar-refractivity contribution < 1.29 is 0 Å². The quantitative estimate of drug-likeness (QED) is 0.344. The third-order valence-corrected chi connectivity index (χ3v) is 6.13. The van der Waals surface area contributed by atoms with Gasteiger partial charge in [-0.15, -0.1) is 0 Å². The highest BCUT2D eigenvalue weighted by Gasteiger charge is 2.14. The largest absolute Gasteiger partial charge is 0.359 e. The number of aromatic nitrogens is 1. The second-order valence-electron chi connectivity index (χ2n) is 6.68. The number of nitrogens with one attached hydrogen (secondary N) is 3. The molecule has 1 aromatic heterocycles. The molecule has 5 nitrogen and oxygen atoms in total. The van der Waals surface area contributed by atoms with Crippen LogP contribution in [0.25, 0.3) is 0 Å². The van der Waals surface area contributed by atoms with Gasteiger partial charge in [0.25, 0.3) is 0 Å². The number of benzene rings is 1. The summed E-state index contributed by atoms with van der Waals surface area (Å²) in [4.78, 5) is 5.61. The predicted molar refractivity (Wildman–Crippen MR) is 120 cm³/mol. The Balaban J connectivity index is 1.59. The topological polar surface area (TPSA) is 61.3 Å². The molecular weight excluding hydrogens is 398 g/mol. The zero-order valence-corrected chi connectivity index (χ0v) is 17.9. The molecular formula is C19H24ClN5S2. The van der Waals surface area contributed by atoms with E-state index in [0.717, 1.165) is 27.1 Å². The Bertz CT molecular complexity index is 810. The zero-order valence-electron chi connectivity index (χ0n) is 15.5. The second-order valence-corrected chi connectivity index (χ2v) is 8.53. The number of thiazole rings is 1. The third kappa shape index (κ3) is 5.89. The first-order valence-corrected chi connectivity index (χ1v) is 10.7. The van der Waals surface area contributed by atoms with Crippen molar-refractivity contribution >= 4 is 56.8 Å². The molecule has 3 N–H and O–H groups in total. The molecule has 0 bridgehead atoms. The van der Waals surface area contributed by atoms with Crippen LogP contribution in [0.2, 0.25) is 5.02 Å². The summed E-state index contributed by atoms with van der Waals surface area (Å²) in [5.74, 6) is 0. The highest BCUT2D eigenvalue weighted by Crippen LogP contribution is 2.27. The zero-order chi connectivity index (χ0) is 19.2. The number of aryl methyl sites for hydroxylation is 1. The van der Waals surface area contributed by atoms with Gasteiger partial charge in [-0.3, -0.25) is 5.43 Å². The Labute approximate surface area is 174 Å². The molecule has 8 heteroatoms. The average molecular weight is 422 g/mol. The van der Waals surface area contributed by atoms with Crippen molar-refractivity contribution in [2.24, 2.45) is 5.10 Å². The molecule has 1 aliphatic rings. The minimum Gasteiger partial charge on any atom is -0.359 e. The highest BCUT2D eigenvalue weighted by molar-refractivity contribution is 7.80. The van der Waals surface area contributed by atoms with Gasteiger partial charge in [0.1, 0.15) is 0 Å². The number of thiocarbonyl (C=S) groups is 1. The third-order valence-electron chi connectivity index (χ3n) is 4.49. The van der Waals surface area contributed by atoms with Crippen molar-refractivity contribution in [1.29, 1.82) is 0 Å². The van der Waals surface area contributed by atoms with Gasteiger partial charge in [-0.2, -0.15) is 5.10 Å². The van der Waals surface area contributed by atoms with Crippen molar-refractivity contribution in [3.8, 4) is 0 Å². The lowest BCUT2D eigenvalue weighted by molar-refractivity contribution is 0.412. The molecule has 144 valence electrons. The maximum atomic E-state index is 5.93. The summed E-state index contributed by atoms with van der Waals surface area (Å²) < 4.78 is 0. The van der Waals surface area contributed by atoms with Gasteiger partial charge in [-0.05, 0) is 63.2 Å². The molecule has 1 fully saturated rings. The van der Waals surface area contributed by atoms with Gasteiger partial charge in [0.15, 0.2) is 10.2 Å².